The number of halogens is 2. The van der Waals surface area contributed by atoms with Crippen LogP contribution in [0.3, 0.4) is 0 Å². The van der Waals surface area contributed by atoms with E-state index in [1.54, 1.807) is 12.1 Å². The van der Waals surface area contributed by atoms with Gasteiger partial charge in [0.25, 0.3) is 5.91 Å². The Kier molecular flexibility index (Phi) is 7.06. The maximum absolute atomic E-state index is 13.6. The maximum Gasteiger partial charge on any atom is 0.257 e. The van der Waals surface area contributed by atoms with Crippen molar-refractivity contribution in [3.63, 3.8) is 0 Å². The molecule has 0 aliphatic heterocycles. The van der Waals surface area contributed by atoms with Gasteiger partial charge in [0.1, 0.15) is 11.6 Å². The predicted molar refractivity (Wildman–Crippen MR) is 125 cm³/mol. The summed E-state index contributed by atoms with van der Waals surface area (Å²) in [6.07, 6.45) is 0. The molecule has 0 atom stereocenters. The fourth-order valence-electron chi connectivity index (χ4n) is 2.84. The molecule has 0 fully saturated rings. The summed E-state index contributed by atoms with van der Waals surface area (Å²) in [6, 6.07) is 19.9. The van der Waals surface area contributed by atoms with Crippen LogP contribution in [0.5, 0.6) is 0 Å². The van der Waals surface area contributed by atoms with Gasteiger partial charge in [-0.3, -0.25) is 14.9 Å². The third kappa shape index (κ3) is 5.99. The summed E-state index contributed by atoms with van der Waals surface area (Å²) in [7, 11) is 0. The van der Waals surface area contributed by atoms with E-state index in [2.05, 4.69) is 20.8 Å². The van der Waals surface area contributed by atoms with Crippen molar-refractivity contribution in [2.24, 2.45) is 0 Å². The molecule has 0 unspecified atom stereocenters. The lowest BCUT2D eigenvalue weighted by molar-refractivity contribution is -0.113. The van der Waals surface area contributed by atoms with E-state index < -0.39 is 17.5 Å². The first kappa shape index (κ1) is 22.6. The first-order chi connectivity index (χ1) is 16.0. The van der Waals surface area contributed by atoms with Gasteiger partial charge in [-0.1, -0.05) is 65.6 Å². The van der Waals surface area contributed by atoms with Crippen molar-refractivity contribution in [2.75, 3.05) is 16.4 Å². The average molecular weight is 483 g/mol. The van der Waals surface area contributed by atoms with Crippen LogP contribution in [0.2, 0.25) is 0 Å². The Morgan fingerprint density at radius 2 is 1.61 bits per heavy atom. The molecule has 0 radical (unpaired) electrons. The minimum atomic E-state index is -0.855. The number of rotatable bonds is 7. The highest BCUT2D eigenvalue weighted by Crippen LogP contribution is 2.26. The molecule has 4 rings (SSSR count). The van der Waals surface area contributed by atoms with Gasteiger partial charge in [-0.05, 0) is 35.4 Å². The van der Waals surface area contributed by atoms with Crippen molar-refractivity contribution in [1.82, 2.24) is 10.2 Å². The lowest BCUT2D eigenvalue weighted by atomic mass is 10.0. The number of hydrogen-bond acceptors (Lipinski definition) is 6. The molecule has 6 nitrogen and oxygen atoms in total. The number of carbonyl (C=O) groups excluding carboxylic acids is 2. The molecule has 0 saturated heterocycles. The highest BCUT2D eigenvalue weighted by molar-refractivity contribution is 8.01. The first-order valence-electron chi connectivity index (χ1n) is 9.66. The lowest BCUT2D eigenvalue weighted by Gasteiger charge is -2.05. The summed E-state index contributed by atoms with van der Waals surface area (Å²) in [4.78, 5) is 24.5. The number of anilines is 2. The second kappa shape index (κ2) is 10.3. The highest BCUT2D eigenvalue weighted by atomic mass is 32.2. The van der Waals surface area contributed by atoms with Crippen molar-refractivity contribution in [2.45, 2.75) is 4.34 Å². The summed E-state index contributed by atoms with van der Waals surface area (Å²) < 4.78 is 27.0. The quantitative estimate of drug-likeness (QED) is 0.270. The molecule has 0 bridgehead atoms. The van der Waals surface area contributed by atoms with Crippen molar-refractivity contribution >= 4 is 45.7 Å². The van der Waals surface area contributed by atoms with Crippen LogP contribution in [0.15, 0.2) is 77.1 Å². The Morgan fingerprint density at radius 3 is 2.33 bits per heavy atom. The van der Waals surface area contributed by atoms with E-state index >= 15 is 0 Å². The Morgan fingerprint density at radius 1 is 0.879 bits per heavy atom. The van der Waals surface area contributed by atoms with Crippen LogP contribution in [0.25, 0.3) is 11.1 Å². The van der Waals surface area contributed by atoms with Crippen molar-refractivity contribution in [3.05, 3.63) is 90.0 Å². The van der Waals surface area contributed by atoms with E-state index in [0.717, 1.165) is 46.4 Å². The fourth-order valence-corrected chi connectivity index (χ4v) is 4.38. The second-order valence-electron chi connectivity index (χ2n) is 6.73. The van der Waals surface area contributed by atoms with Crippen LogP contribution in [-0.4, -0.2) is 27.8 Å². The minimum absolute atomic E-state index is 0.0552. The van der Waals surface area contributed by atoms with Gasteiger partial charge in [-0.15, -0.1) is 10.2 Å². The average Bonchev–Trinajstić information content (AvgIpc) is 3.27. The molecule has 0 spiro atoms. The van der Waals surface area contributed by atoms with Crippen LogP contribution < -0.4 is 10.6 Å². The standard InChI is InChI=1S/C23H16F2N4O2S2/c24-17-10-11-19(18(25)12-17)26-20(30)13-32-23-29-28-22(33-23)27-21(31)16-8-6-15(7-9-16)14-4-2-1-3-5-14/h1-12H,13H2,(H,26,30)(H,27,28,31). The van der Waals surface area contributed by atoms with Crippen LogP contribution in [0, 0.1) is 11.6 Å². The van der Waals surface area contributed by atoms with Gasteiger partial charge in [0, 0.05) is 11.6 Å². The first-order valence-corrected chi connectivity index (χ1v) is 11.5. The lowest BCUT2D eigenvalue weighted by Crippen LogP contribution is -2.15. The van der Waals surface area contributed by atoms with E-state index in [1.807, 2.05) is 42.5 Å². The van der Waals surface area contributed by atoms with Crippen molar-refractivity contribution in [1.29, 1.82) is 0 Å². The molecule has 166 valence electrons. The molecule has 0 aliphatic carbocycles. The predicted octanol–water partition coefficient (Wildman–Crippen LogP) is 5.47. The largest absolute Gasteiger partial charge is 0.323 e. The number of aromatic nitrogens is 2. The molecule has 33 heavy (non-hydrogen) atoms. The highest BCUT2D eigenvalue weighted by Gasteiger charge is 2.13. The van der Waals surface area contributed by atoms with Gasteiger partial charge in [-0.2, -0.15) is 0 Å². The van der Waals surface area contributed by atoms with Gasteiger partial charge in [-0.25, -0.2) is 8.78 Å². The Bertz CT molecular complexity index is 1280. The second-order valence-corrected chi connectivity index (χ2v) is 8.93. The zero-order valence-corrected chi connectivity index (χ0v) is 18.6. The van der Waals surface area contributed by atoms with Gasteiger partial charge >= 0.3 is 0 Å². The molecule has 2 N–H and O–H groups in total. The SMILES string of the molecule is O=C(CSc1nnc(NC(=O)c2ccc(-c3ccccc3)cc2)s1)Nc1ccc(F)cc1F. The molecular formula is C23H16F2N4O2S2. The molecule has 0 saturated carbocycles. The van der Waals surface area contributed by atoms with Crippen LogP contribution >= 0.6 is 23.1 Å². The smallest absolute Gasteiger partial charge is 0.257 e. The Hall–Kier alpha value is -3.63. The maximum atomic E-state index is 13.6. The van der Waals surface area contributed by atoms with Crippen LogP contribution in [-0.2, 0) is 4.79 Å². The number of carbonyl (C=O) groups is 2. The van der Waals surface area contributed by atoms with Crippen LogP contribution in [0.1, 0.15) is 10.4 Å². The molecule has 3 aromatic carbocycles. The molecule has 4 aromatic rings. The van der Waals surface area contributed by atoms with Gasteiger partial charge in [0.2, 0.25) is 11.0 Å². The normalized spacial score (nSPS) is 10.6. The molecular weight excluding hydrogens is 466 g/mol. The van der Waals surface area contributed by atoms with Gasteiger partial charge < -0.3 is 5.32 Å². The number of amides is 2. The number of thioether (sulfide) groups is 1. The monoisotopic (exact) mass is 482 g/mol. The third-order valence-electron chi connectivity index (χ3n) is 4.41. The summed E-state index contributed by atoms with van der Waals surface area (Å²) in [6.45, 7) is 0. The van der Waals surface area contributed by atoms with Gasteiger partial charge in [0.15, 0.2) is 4.34 Å². The van der Waals surface area contributed by atoms with Gasteiger partial charge in [0.05, 0.1) is 11.4 Å². The third-order valence-corrected chi connectivity index (χ3v) is 6.39. The summed E-state index contributed by atoms with van der Waals surface area (Å²) in [5.74, 6) is -2.45. The zero-order valence-electron chi connectivity index (χ0n) is 16.9. The molecule has 10 heteroatoms. The summed E-state index contributed by atoms with van der Waals surface area (Å²) in [5, 5.41) is 13.2. The van der Waals surface area contributed by atoms with Crippen molar-refractivity contribution < 1.29 is 18.4 Å². The molecule has 2 amide bonds. The number of hydrogen-bond donors (Lipinski definition) is 2. The Balaban J connectivity index is 1.30. The topological polar surface area (TPSA) is 84.0 Å². The molecule has 1 aromatic heterocycles. The Labute approximate surface area is 196 Å². The van der Waals surface area contributed by atoms with Crippen LogP contribution in [0.4, 0.5) is 19.6 Å². The van der Waals surface area contributed by atoms with E-state index in [0.29, 0.717) is 21.1 Å². The zero-order chi connectivity index (χ0) is 23.2. The molecule has 0 aliphatic rings. The number of nitrogens with one attached hydrogen (secondary N) is 2. The molecule has 1 heterocycles. The fraction of sp³-hybridized carbons (Fsp3) is 0.0435. The van der Waals surface area contributed by atoms with Crippen molar-refractivity contribution in [3.8, 4) is 11.1 Å². The number of benzene rings is 3. The summed E-state index contributed by atoms with van der Waals surface area (Å²) in [5.41, 5.74) is 2.42. The van der Waals surface area contributed by atoms with E-state index in [1.165, 1.54) is 0 Å². The van der Waals surface area contributed by atoms with E-state index in [-0.39, 0.29) is 17.3 Å². The number of nitrogens with zero attached hydrogens (tertiary/aromatic N) is 2. The van der Waals surface area contributed by atoms with E-state index in [4.69, 9.17) is 0 Å². The minimum Gasteiger partial charge on any atom is -0.323 e. The van der Waals surface area contributed by atoms with E-state index in [9.17, 15) is 18.4 Å². The summed E-state index contributed by atoms with van der Waals surface area (Å²) >= 11 is 2.20.